The second-order valence-corrected chi connectivity index (χ2v) is 11.8. The Kier molecular flexibility index (Phi) is 8.07. The standard InChI is InChI=1S/C27H28B3BrN6O3S/c1-4-19(39)35-9-10-36(13(2)12-35)25-14-11-16(29)22(20-17(38)6-5-15(28)21(20)30)33-26(14)37(27(40)34-25)23-18(41-3)7-8-32-24(23)31/h4-8,11,13,38H,1,9-10,12,28-30H2,2-3H3. The molecule has 1 aliphatic heterocycles. The lowest BCUT2D eigenvalue weighted by Crippen LogP contribution is -2.54. The van der Waals surface area contributed by atoms with Gasteiger partial charge in [0, 0.05) is 42.3 Å². The Labute approximate surface area is 253 Å². The first-order chi connectivity index (χ1) is 19.6. The monoisotopic (exact) mass is 628 g/mol. The zero-order valence-corrected chi connectivity index (χ0v) is 26.0. The van der Waals surface area contributed by atoms with Crippen LogP contribution < -0.4 is 27.0 Å². The highest BCUT2D eigenvalue weighted by Gasteiger charge is 2.30. The molecular weight excluding hydrogens is 601 g/mol. The molecule has 206 valence electrons. The number of fused-ring (bicyclic) bond motifs is 1. The van der Waals surface area contributed by atoms with Crippen LogP contribution in [0.15, 0.2) is 57.4 Å². The Morgan fingerprint density at radius 1 is 1.20 bits per heavy atom. The first-order valence-corrected chi connectivity index (χ1v) is 15.2. The number of piperazine rings is 1. The third kappa shape index (κ3) is 5.08. The summed E-state index contributed by atoms with van der Waals surface area (Å²) in [5, 5.41) is 11.6. The maximum Gasteiger partial charge on any atom is 0.355 e. The quantitative estimate of drug-likeness (QED) is 0.130. The van der Waals surface area contributed by atoms with E-state index in [0.29, 0.717) is 58.0 Å². The minimum absolute atomic E-state index is 0.103. The van der Waals surface area contributed by atoms with Crippen molar-refractivity contribution in [2.45, 2.75) is 17.9 Å². The average Bonchev–Trinajstić information content (AvgIpc) is 2.95. The van der Waals surface area contributed by atoms with Gasteiger partial charge in [0.25, 0.3) is 0 Å². The predicted octanol–water partition coefficient (Wildman–Crippen LogP) is -0.969. The van der Waals surface area contributed by atoms with Gasteiger partial charge >= 0.3 is 5.69 Å². The van der Waals surface area contributed by atoms with Gasteiger partial charge in [0.05, 0.1) is 16.8 Å². The number of benzene rings is 1. The highest BCUT2D eigenvalue weighted by atomic mass is 79.9. The third-order valence-electron chi connectivity index (χ3n) is 7.66. The molecule has 0 aliphatic carbocycles. The Bertz CT molecular complexity index is 1790. The molecule has 1 atom stereocenters. The van der Waals surface area contributed by atoms with E-state index >= 15 is 0 Å². The number of carbonyl (C=O) groups excluding carboxylic acids is 1. The van der Waals surface area contributed by atoms with Crippen LogP contribution >= 0.6 is 27.7 Å². The lowest BCUT2D eigenvalue weighted by atomic mass is 9.75. The SMILES string of the molecule is Bc1cc2c(N3CCN(C(=O)C=C)CC3C)nc(=O)n(-c3c(SC)ccnc3Br)c2nc1-c1c(O)ccc(B)c1B. The van der Waals surface area contributed by atoms with Gasteiger partial charge in [-0.15, -0.1) is 11.8 Å². The molecule has 0 radical (unpaired) electrons. The van der Waals surface area contributed by atoms with E-state index in [1.165, 1.54) is 22.4 Å². The van der Waals surface area contributed by atoms with Gasteiger partial charge in [0.2, 0.25) is 5.91 Å². The largest absolute Gasteiger partial charge is 0.507 e. The summed E-state index contributed by atoms with van der Waals surface area (Å²) in [4.78, 5) is 45.0. The highest BCUT2D eigenvalue weighted by molar-refractivity contribution is 9.10. The van der Waals surface area contributed by atoms with Crippen molar-refractivity contribution >= 4 is 90.4 Å². The molecule has 0 saturated carbocycles. The number of nitrogens with zero attached hydrogens (tertiary/aromatic N) is 6. The van der Waals surface area contributed by atoms with Crippen LogP contribution in [0.1, 0.15) is 6.92 Å². The van der Waals surface area contributed by atoms with Crippen LogP contribution in [0.25, 0.3) is 28.0 Å². The van der Waals surface area contributed by atoms with Crippen molar-refractivity contribution in [2.24, 2.45) is 0 Å². The summed E-state index contributed by atoms with van der Waals surface area (Å²) in [5.74, 6) is 0.513. The molecule has 0 bridgehead atoms. The molecule has 1 saturated heterocycles. The minimum Gasteiger partial charge on any atom is -0.507 e. The van der Waals surface area contributed by atoms with Gasteiger partial charge in [0.15, 0.2) is 5.65 Å². The van der Waals surface area contributed by atoms with Gasteiger partial charge in [-0.05, 0) is 47.3 Å². The second kappa shape index (κ2) is 11.4. The van der Waals surface area contributed by atoms with Gasteiger partial charge in [-0.3, -0.25) is 4.79 Å². The number of carbonyl (C=O) groups is 1. The van der Waals surface area contributed by atoms with E-state index < -0.39 is 5.69 Å². The van der Waals surface area contributed by atoms with Crippen LogP contribution in [0.3, 0.4) is 0 Å². The van der Waals surface area contributed by atoms with E-state index in [2.05, 4.69) is 37.4 Å². The minimum atomic E-state index is -0.499. The van der Waals surface area contributed by atoms with Crippen LogP contribution in [0.4, 0.5) is 5.82 Å². The second-order valence-electron chi connectivity index (χ2n) is 10.2. The van der Waals surface area contributed by atoms with Crippen LogP contribution in [-0.4, -0.2) is 90.9 Å². The Morgan fingerprint density at radius 2 is 1.95 bits per heavy atom. The molecule has 1 unspecified atom stereocenters. The van der Waals surface area contributed by atoms with Gasteiger partial charge in [-0.1, -0.05) is 35.1 Å². The number of pyridine rings is 2. The van der Waals surface area contributed by atoms with E-state index in [1.54, 1.807) is 17.2 Å². The average molecular weight is 629 g/mol. The van der Waals surface area contributed by atoms with Crippen molar-refractivity contribution < 1.29 is 9.90 Å². The molecule has 4 heterocycles. The van der Waals surface area contributed by atoms with Gasteiger partial charge in [0.1, 0.15) is 39.7 Å². The summed E-state index contributed by atoms with van der Waals surface area (Å²) in [6, 6.07) is 7.27. The number of phenolic OH excluding ortho intramolecular Hbond substituents is 1. The third-order valence-corrected chi connectivity index (χ3v) is 9.01. The molecule has 5 rings (SSSR count). The van der Waals surface area contributed by atoms with Crippen molar-refractivity contribution in [1.29, 1.82) is 0 Å². The number of aromatic hydroxyl groups is 1. The number of rotatable bonds is 5. The fraction of sp³-hybridized carbons (Fsp3) is 0.222. The number of halogens is 1. The van der Waals surface area contributed by atoms with Gasteiger partial charge in [-0.2, -0.15) is 4.98 Å². The number of hydrogen-bond acceptors (Lipinski definition) is 8. The molecule has 4 aromatic rings. The first kappa shape index (κ1) is 29.0. The van der Waals surface area contributed by atoms with Crippen LogP contribution in [0, 0.1) is 0 Å². The molecule has 1 fully saturated rings. The lowest BCUT2D eigenvalue weighted by molar-refractivity contribution is -0.126. The maximum absolute atomic E-state index is 14.0. The number of amides is 1. The van der Waals surface area contributed by atoms with E-state index in [1.807, 2.05) is 54.9 Å². The topological polar surface area (TPSA) is 104 Å². The van der Waals surface area contributed by atoms with E-state index in [0.717, 1.165) is 21.3 Å². The molecule has 1 aromatic carbocycles. The normalized spacial score (nSPS) is 15.3. The van der Waals surface area contributed by atoms with E-state index in [4.69, 9.17) is 4.98 Å². The maximum atomic E-state index is 14.0. The summed E-state index contributed by atoms with van der Waals surface area (Å²) in [6.07, 6.45) is 4.93. The lowest BCUT2D eigenvalue weighted by Gasteiger charge is -2.40. The molecule has 0 spiro atoms. The molecule has 3 aromatic heterocycles. The van der Waals surface area contributed by atoms with Crippen molar-refractivity contribution in [1.82, 2.24) is 24.4 Å². The number of aromatic nitrogens is 4. The van der Waals surface area contributed by atoms with Gasteiger partial charge in [-0.25, -0.2) is 19.3 Å². The number of phenols is 1. The van der Waals surface area contributed by atoms with Crippen molar-refractivity contribution in [2.75, 3.05) is 30.8 Å². The summed E-state index contributed by atoms with van der Waals surface area (Å²) in [5.41, 5.74) is 4.43. The molecule has 14 heteroatoms. The fourth-order valence-corrected chi connectivity index (χ4v) is 6.60. The predicted molar refractivity (Wildman–Crippen MR) is 178 cm³/mol. The highest BCUT2D eigenvalue weighted by Crippen LogP contribution is 2.34. The molecular formula is C27H28B3BrN6O3S. The smallest absolute Gasteiger partial charge is 0.355 e. The summed E-state index contributed by atoms with van der Waals surface area (Å²) in [6.45, 7) is 7.07. The zero-order valence-electron chi connectivity index (χ0n) is 23.6. The van der Waals surface area contributed by atoms with Crippen molar-refractivity contribution in [3.05, 3.63) is 58.2 Å². The van der Waals surface area contributed by atoms with Crippen LogP contribution in [0.5, 0.6) is 5.75 Å². The molecule has 9 nitrogen and oxygen atoms in total. The first-order valence-electron chi connectivity index (χ1n) is 13.2. The van der Waals surface area contributed by atoms with E-state index in [-0.39, 0.29) is 17.7 Å². The summed E-state index contributed by atoms with van der Waals surface area (Å²) in [7, 11) is 5.89. The number of hydrogen-bond donors (Lipinski definition) is 1. The Hall–Kier alpha value is -3.51. The molecule has 1 aliphatic rings. The molecule has 1 amide bonds. The molecule has 1 N–H and O–H groups in total. The van der Waals surface area contributed by atoms with Gasteiger partial charge < -0.3 is 14.9 Å². The van der Waals surface area contributed by atoms with Crippen LogP contribution in [-0.2, 0) is 4.79 Å². The molecule has 41 heavy (non-hydrogen) atoms. The number of anilines is 1. The fourth-order valence-electron chi connectivity index (χ4n) is 5.38. The number of thioether (sulfide) groups is 1. The van der Waals surface area contributed by atoms with Crippen molar-refractivity contribution in [3.8, 4) is 22.7 Å². The summed E-state index contributed by atoms with van der Waals surface area (Å²) < 4.78 is 1.99. The zero-order chi connectivity index (χ0) is 29.6. The Balaban J connectivity index is 1.83. The van der Waals surface area contributed by atoms with Crippen LogP contribution in [0.2, 0.25) is 0 Å². The summed E-state index contributed by atoms with van der Waals surface area (Å²) >= 11 is 5.04. The van der Waals surface area contributed by atoms with E-state index in [9.17, 15) is 14.7 Å². The Morgan fingerprint density at radius 3 is 2.63 bits per heavy atom. The van der Waals surface area contributed by atoms with Crippen molar-refractivity contribution in [3.63, 3.8) is 0 Å².